The highest BCUT2D eigenvalue weighted by Crippen LogP contribution is 2.11. The second-order valence-corrected chi connectivity index (χ2v) is 8.70. The van der Waals surface area contributed by atoms with Crippen LogP contribution in [0.1, 0.15) is 62.3 Å². The summed E-state index contributed by atoms with van der Waals surface area (Å²) < 4.78 is 18.7. The predicted octanol–water partition coefficient (Wildman–Crippen LogP) is 2.31. The van der Waals surface area contributed by atoms with Gasteiger partial charge in [-0.15, -0.1) is 0 Å². The molecule has 0 aliphatic carbocycles. The van der Waals surface area contributed by atoms with E-state index < -0.39 is 35.2 Å². The largest absolute Gasteiger partial charge is 0.519 e. The van der Waals surface area contributed by atoms with E-state index in [0.717, 1.165) is 0 Å². The summed E-state index contributed by atoms with van der Waals surface area (Å²) in [5.41, 5.74) is 2.91. The fraction of sp³-hybridized carbons (Fsp3) is 0.842. The fourth-order valence-electron chi connectivity index (χ4n) is 1.08. The van der Waals surface area contributed by atoms with Crippen molar-refractivity contribution in [2.24, 2.45) is 5.73 Å². The monoisotopic (exact) mass is 440 g/mol. The van der Waals surface area contributed by atoms with Crippen molar-refractivity contribution in [2.45, 2.75) is 79.1 Å². The summed E-state index contributed by atoms with van der Waals surface area (Å²) in [6, 6.07) is 0. The number of hydrogen-bond acceptors (Lipinski definition) is 10. The third-order valence-corrected chi connectivity index (χ3v) is 1.85. The van der Waals surface area contributed by atoms with Crippen LogP contribution in [0.2, 0.25) is 0 Å². The van der Waals surface area contributed by atoms with Gasteiger partial charge in [0.05, 0.1) is 13.2 Å². The highest BCUT2D eigenvalue weighted by molar-refractivity contribution is 5.77. The molecule has 0 aromatic rings. The van der Waals surface area contributed by atoms with Crippen molar-refractivity contribution < 1.29 is 43.5 Å². The summed E-state index contributed by atoms with van der Waals surface area (Å²) >= 11 is 0. The molecule has 11 heteroatoms. The van der Waals surface area contributed by atoms with Crippen molar-refractivity contribution in [3.05, 3.63) is 0 Å². The Morgan fingerprint density at radius 2 is 1.07 bits per heavy atom. The molecule has 0 aliphatic heterocycles. The maximum Gasteiger partial charge on any atom is 0.519 e. The van der Waals surface area contributed by atoms with Gasteiger partial charge >= 0.3 is 18.4 Å². The lowest BCUT2D eigenvalue weighted by Crippen LogP contribution is -2.33. The van der Waals surface area contributed by atoms with Gasteiger partial charge in [-0.2, -0.15) is 0 Å². The molecule has 1 amide bonds. The quantitative estimate of drug-likeness (QED) is 0.290. The van der Waals surface area contributed by atoms with Gasteiger partial charge in [-0.1, -0.05) is 0 Å². The van der Waals surface area contributed by atoms with Crippen LogP contribution in [0.5, 0.6) is 0 Å². The van der Waals surface area contributed by atoms with E-state index in [0.29, 0.717) is 6.54 Å². The summed E-state index contributed by atoms with van der Waals surface area (Å²) in [6.07, 6.45) is -2.61. The predicted molar refractivity (Wildman–Crippen MR) is 111 cm³/mol. The first kappa shape index (κ1) is 32.6. The van der Waals surface area contributed by atoms with Gasteiger partial charge in [0.25, 0.3) is 0 Å². The van der Waals surface area contributed by atoms with E-state index in [-0.39, 0.29) is 19.8 Å². The Balaban J connectivity index is -0.000000425. The van der Waals surface area contributed by atoms with Crippen LogP contribution in [-0.4, -0.2) is 71.7 Å². The first-order valence-electron chi connectivity index (χ1n) is 9.39. The minimum absolute atomic E-state index is 0.0702. The molecule has 30 heavy (non-hydrogen) atoms. The van der Waals surface area contributed by atoms with Crippen LogP contribution >= 0.6 is 0 Å². The maximum atomic E-state index is 11.0. The number of carbonyl (C=O) groups excluding carboxylic acids is 3. The summed E-state index contributed by atoms with van der Waals surface area (Å²) in [5, 5.41) is 18.5. The highest BCUT2D eigenvalue weighted by Gasteiger charge is 2.24. The number of aliphatic hydroxyl groups excluding tert-OH is 2. The molecule has 0 saturated heterocycles. The number of aliphatic hydroxyl groups is 2. The zero-order valence-electron chi connectivity index (χ0n) is 19.7. The lowest BCUT2D eigenvalue weighted by molar-refractivity contribution is -0.0294. The molecule has 0 unspecified atom stereocenters. The van der Waals surface area contributed by atoms with E-state index in [2.05, 4.69) is 10.1 Å². The lowest BCUT2D eigenvalue weighted by atomic mass is 10.2. The molecule has 0 saturated carbocycles. The summed E-state index contributed by atoms with van der Waals surface area (Å²) in [4.78, 5) is 32.8. The topological polar surface area (TPSA) is 167 Å². The van der Waals surface area contributed by atoms with Crippen molar-refractivity contribution in [2.75, 3.05) is 26.3 Å². The van der Waals surface area contributed by atoms with Crippen LogP contribution in [0.3, 0.4) is 0 Å². The standard InChI is InChI=1S/C10H18O5.C7H15NO3.C2H7NO/c1-9(2,3)14-7(11)13-8(12)15-10(4,5)6;1-7(2,3)11-6(10)8-4-5-9;3-1-2-4/h1-6H3;9H,4-5H2,1-3H3,(H,8,10);4H,1-3H2. The number of amides is 1. The zero-order valence-corrected chi connectivity index (χ0v) is 19.7. The second kappa shape index (κ2) is 15.7. The molecular weight excluding hydrogens is 400 g/mol. The molecule has 180 valence electrons. The zero-order chi connectivity index (χ0) is 24.6. The van der Waals surface area contributed by atoms with Gasteiger partial charge in [-0.3, -0.25) is 0 Å². The van der Waals surface area contributed by atoms with Crippen LogP contribution in [0.15, 0.2) is 0 Å². The molecule has 0 heterocycles. The third-order valence-electron chi connectivity index (χ3n) is 1.85. The lowest BCUT2D eigenvalue weighted by Gasteiger charge is -2.20. The van der Waals surface area contributed by atoms with Crippen molar-refractivity contribution in [3.63, 3.8) is 0 Å². The summed E-state index contributed by atoms with van der Waals surface area (Å²) in [6.45, 7) is 16.0. The molecule has 0 aromatic carbocycles. The Morgan fingerprint density at radius 1 is 0.733 bits per heavy atom. The normalized spacial score (nSPS) is 10.9. The number of rotatable bonds is 3. The number of hydrogen-bond donors (Lipinski definition) is 4. The molecule has 0 aliphatic rings. The minimum atomic E-state index is -1.06. The van der Waals surface area contributed by atoms with E-state index in [9.17, 15) is 14.4 Å². The Morgan fingerprint density at radius 3 is 1.30 bits per heavy atom. The molecule has 11 nitrogen and oxygen atoms in total. The van der Waals surface area contributed by atoms with Gasteiger partial charge < -0.3 is 40.2 Å². The van der Waals surface area contributed by atoms with E-state index in [1.165, 1.54) is 0 Å². The molecular formula is C19H40N2O9. The second-order valence-electron chi connectivity index (χ2n) is 8.70. The van der Waals surface area contributed by atoms with E-state index in [4.69, 9.17) is 30.2 Å². The number of ether oxygens (including phenoxy) is 4. The molecule has 0 radical (unpaired) electrons. The van der Waals surface area contributed by atoms with Gasteiger partial charge in [0.1, 0.15) is 16.8 Å². The van der Waals surface area contributed by atoms with Crippen LogP contribution in [-0.2, 0) is 18.9 Å². The third kappa shape index (κ3) is 33.5. The van der Waals surface area contributed by atoms with Crippen molar-refractivity contribution in [3.8, 4) is 0 Å². The fourth-order valence-corrected chi connectivity index (χ4v) is 1.08. The maximum absolute atomic E-state index is 11.0. The van der Waals surface area contributed by atoms with E-state index >= 15 is 0 Å². The van der Waals surface area contributed by atoms with Crippen LogP contribution in [0.25, 0.3) is 0 Å². The van der Waals surface area contributed by atoms with Crippen molar-refractivity contribution in [1.82, 2.24) is 5.32 Å². The van der Waals surface area contributed by atoms with Crippen LogP contribution in [0, 0.1) is 0 Å². The molecule has 0 spiro atoms. The van der Waals surface area contributed by atoms with Crippen molar-refractivity contribution in [1.29, 1.82) is 0 Å². The van der Waals surface area contributed by atoms with Gasteiger partial charge in [0.2, 0.25) is 0 Å². The highest BCUT2D eigenvalue weighted by atomic mass is 16.8. The Hall–Kier alpha value is -2.11. The first-order chi connectivity index (χ1) is 13.4. The Kier molecular flexibility index (Phi) is 17.0. The van der Waals surface area contributed by atoms with Crippen LogP contribution < -0.4 is 11.1 Å². The van der Waals surface area contributed by atoms with E-state index in [1.54, 1.807) is 62.3 Å². The first-order valence-corrected chi connectivity index (χ1v) is 9.39. The average molecular weight is 441 g/mol. The summed E-state index contributed by atoms with van der Waals surface area (Å²) in [5.74, 6) is 0. The molecule has 0 rings (SSSR count). The van der Waals surface area contributed by atoms with Gasteiger partial charge in [-0.05, 0) is 62.3 Å². The minimum Gasteiger partial charge on any atom is -0.444 e. The average Bonchev–Trinajstić information content (AvgIpc) is 2.48. The Bertz CT molecular complexity index is 462. The summed E-state index contributed by atoms with van der Waals surface area (Å²) in [7, 11) is 0. The number of nitrogens with one attached hydrogen (secondary N) is 1. The number of nitrogens with two attached hydrogens (primary N) is 1. The van der Waals surface area contributed by atoms with Gasteiger partial charge in [0, 0.05) is 13.1 Å². The number of carbonyl (C=O) groups is 3. The molecule has 0 aromatic heterocycles. The van der Waals surface area contributed by atoms with Crippen molar-refractivity contribution >= 4 is 18.4 Å². The van der Waals surface area contributed by atoms with E-state index in [1.807, 2.05) is 0 Å². The Labute approximate surface area is 179 Å². The van der Waals surface area contributed by atoms with Gasteiger partial charge in [-0.25, -0.2) is 14.4 Å². The molecule has 0 fully saturated rings. The number of alkyl carbamates (subject to hydrolysis) is 1. The van der Waals surface area contributed by atoms with Crippen LogP contribution in [0.4, 0.5) is 14.4 Å². The smallest absolute Gasteiger partial charge is 0.444 e. The molecule has 5 N–H and O–H groups in total. The molecule has 0 bridgehead atoms. The van der Waals surface area contributed by atoms with Gasteiger partial charge in [0.15, 0.2) is 0 Å². The molecule has 0 atom stereocenters. The SMILES string of the molecule is CC(C)(C)OC(=O)NCCO.CC(C)(C)OC(=O)OC(=O)OC(C)(C)C.NCCO.